The number of carbonyl (C=O) groups excluding carboxylic acids is 2. The highest BCUT2D eigenvalue weighted by Crippen LogP contribution is 2.31. The van der Waals surface area contributed by atoms with Gasteiger partial charge in [-0.15, -0.1) is 0 Å². The molecule has 1 aromatic rings. The molecule has 3 rings (SSSR count). The molecule has 1 saturated carbocycles. The predicted octanol–water partition coefficient (Wildman–Crippen LogP) is 0.488. The molecule has 1 atom stereocenters. The molecule has 0 radical (unpaired) electrons. The van der Waals surface area contributed by atoms with Crippen molar-refractivity contribution in [2.45, 2.75) is 44.2 Å². The van der Waals surface area contributed by atoms with Crippen molar-refractivity contribution in [3.05, 3.63) is 30.1 Å². The van der Waals surface area contributed by atoms with Gasteiger partial charge in [-0.05, 0) is 30.9 Å². The Morgan fingerprint density at radius 3 is 2.83 bits per heavy atom. The molecule has 2 amide bonds. The van der Waals surface area contributed by atoms with E-state index < -0.39 is 0 Å². The summed E-state index contributed by atoms with van der Waals surface area (Å²) in [5, 5.41) is 17.9. The van der Waals surface area contributed by atoms with Crippen molar-refractivity contribution in [3.8, 4) is 0 Å². The zero-order valence-electron chi connectivity index (χ0n) is 13.7. The van der Waals surface area contributed by atoms with Crippen LogP contribution < -0.4 is 5.32 Å². The molecule has 0 saturated heterocycles. The maximum atomic E-state index is 12.5. The third kappa shape index (κ3) is 3.79. The Labute approximate surface area is 140 Å². The molecule has 2 N–H and O–H groups in total. The number of nitrogens with one attached hydrogen (secondary N) is 1. The van der Waals surface area contributed by atoms with Crippen molar-refractivity contribution in [3.63, 3.8) is 0 Å². The molecular formula is C17H22N4O3. The summed E-state index contributed by atoms with van der Waals surface area (Å²) in [7, 11) is 1.56. The van der Waals surface area contributed by atoms with Crippen molar-refractivity contribution < 1.29 is 14.7 Å². The van der Waals surface area contributed by atoms with Crippen LogP contribution in [0.15, 0.2) is 29.5 Å². The summed E-state index contributed by atoms with van der Waals surface area (Å²) in [5.41, 5.74) is 1.28. The highest BCUT2D eigenvalue weighted by atomic mass is 16.3. The standard InChI is InChI=1S/C17H22N4O3/c1-21-16(23)6-5-14(20-21)17(24)19-15(11-8-13(22)9-11)10-12-4-2-3-7-18-12/h2-4,7,11,13,15,22H,5-6,8-10H2,1H3,(H,19,24)/t11?,13?,15-/m1/s1. The van der Waals surface area contributed by atoms with E-state index in [1.165, 1.54) is 5.01 Å². The topological polar surface area (TPSA) is 94.9 Å². The lowest BCUT2D eigenvalue weighted by Gasteiger charge is -2.38. The van der Waals surface area contributed by atoms with Crippen LogP contribution in [0.25, 0.3) is 0 Å². The molecule has 1 aliphatic carbocycles. The minimum absolute atomic E-state index is 0.0845. The summed E-state index contributed by atoms with van der Waals surface area (Å²) in [5.74, 6) is -0.0927. The van der Waals surface area contributed by atoms with Gasteiger partial charge in [-0.1, -0.05) is 6.07 Å². The molecule has 0 unspecified atom stereocenters. The molecule has 1 aromatic heterocycles. The summed E-state index contributed by atoms with van der Waals surface area (Å²) in [6.45, 7) is 0. The second kappa shape index (κ2) is 7.09. The number of pyridine rings is 1. The summed E-state index contributed by atoms with van der Waals surface area (Å²) < 4.78 is 0. The van der Waals surface area contributed by atoms with E-state index in [0.29, 0.717) is 37.8 Å². The normalized spacial score (nSPS) is 24.8. The molecule has 2 aliphatic rings. The first-order valence-corrected chi connectivity index (χ1v) is 8.26. The van der Waals surface area contributed by atoms with Gasteiger partial charge in [-0.25, -0.2) is 5.01 Å². The first-order chi connectivity index (χ1) is 11.5. The van der Waals surface area contributed by atoms with Gasteiger partial charge in [0.2, 0.25) is 5.91 Å². The van der Waals surface area contributed by atoms with Crippen molar-refractivity contribution >= 4 is 17.5 Å². The van der Waals surface area contributed by atoms with Crippen LogP contribution in [0, 0.1) is 5.92 Å². The molecule has 7 heteroatoms. The Hall–Kier alpha value is -2.28. The van der Waals surface area contributed by atoms with E-state index >= 15 is 0 Å². The number of nitrogens with zero attached hydrogens (tertiary/aromatic N) is 3. The van der Waals surface area contributed by atoms with Crippen molar-refractivity contribution in [1.82, 2.24) is 15.3 Å². The fourth-order valence-corrected chi connectivity index (χ4v) is 3.12. The van der Waals surface area contributed by atoms with E-state index in [1.54, 1.807) is 13.2 Å². The molecule has 0 aromatic carbocycles. The highest BCUT2D eigenvalue weighted by Gasteiger charge is 2.36. The smallest absolute Gasteiger partial charge is 0.267 e. The molecular weight excluding hydrogens is 308 g/mol. The van der Waals surface area contributed by atoms with Gasteiger partial charge < -0.3 is 10.4 Å². The predicted molar refractivity (Wildman–Crippen MR) is 88.0 cm³/mol. The largest absolute Gasteiger partial charge is 0.393 e. The zero-order chi connectivity index (χ0) is 17.1. The van der Waals surface area contributed by atoms with E-state index in [2.05, 4.69) is 15.4 Å². The number of aliphatic hydroxyl groups excluding tert-OH is 1. The number of amides is 2. The van der Waals surface area contributed by atoms with Crippen LogP contribution in [0.4, 0.5) is 0 Å². The Balaban J connectivity index is 1.68. The van der Waals surface area contributed by atoms with Gasteiger partial charge in [0.1, 0.15) is 5.71 Å². The SMILES string of the molecule is CN1N=C(C(=O)N[C@H](Cc2ccccn2)C2CC(O)C2)CCC1=O. The van der Waals surface area contributed by atoms with E-state index in [0.717, 1.165) is 5.69 Å². The Morgan fingerprint density at radius 2 is 2.21 bits per heavy atom. The van der Waals surface area contributed by atoms with Crippen molar-refractivity contribution in [2.75, 3.05) is 7.05 Å². The Kier molecular flexibility index (Phi) is 4.89. The molecule has 1 aliphatic heterocycles. The van der Waals surface area contributed by atoms with Gasteiger partial charge in [-0.2, -0.15) is 5.10 Å². The highest BCUT2D eigenvalue weighted by molar-refractivity contribution is 6.39. The summed E-state index contributed by atoms with van der Waals surface area (Å²) in [6.07, 6.45) is 4.09. The van der Waals surface area contributed by atoms with Crippen LogP contribution in [0.5, 0.6) is 0 Å². The van der Waals surface area contributed by atoms with Crippen LogP contribution in [-0.2, 0) is 16.0 Å². The third-order valence-corrected chi connectivity index (χ3v) is 4.66. The van der Waals surface area contributed by atoms with Gasteiger partial charge >= 0.3 is 0 Å². The van der Waals surface area contributed by atoms with E-state index in [1.807, 2.05) is 18.2 Å². The fourth-order valence-electron chi connectivity index (χ4n) is 3.12. The maximum absolute atomic E-state index is 12.5. The van der Waals surface area contributed by atoms with Crippen LogP contribution in [0.2, 0.25) is 0 Å². The quantitative estimate of drug-likeness (QED) is 0.821. The van der Waals surface area contributed by atoms with Gasteiger partial charge in [0, 0.05) is 44.2 Å². The van der Waals surface area contributed by atoms with Gasteiger partial charge in [0.15, 0.2) is 0 Å². The summed E-state index contributed by atoms with van der Waals surface area (Å²) in [4.78, 5) is 28.3. The molecule has 7 nitrogen and oxygen atoms in total. The first kappa shape index (κ1) is 16.6. The van der Waals surface area contributed by atoms with Crippen LogP contribution >= 0.6 is 0 Å². The van der Waals surface area contributed by atoms with Gasteiger partial charge in [0.05, 0.1) is 6.10 Å². The fraction of sp³-hybridized carbons (Fsp3) is 0.529. The number of aliphatic hydroxyl groups is 1. The maximum Gasteiger partial charge on any atom is 0.267 e. The van der Waals surface area contributed by atoms with Gasteiger partial charge in [-0.3, -0.25) is 14.6 Å². The Bertz CT molecular complexity index is 640. The summed E-state index contributed by atoms with van der Waals surface area (Å²) in [6, 6.07) is 5.61. The number of hydrazone groups is 1. The lowest BCUT2D eigenvalue weighted by atomic mass is 9.76. The number of hydrogen-bond acceptors (Lipinski definition) is 5. The summed E-state index contributed by atoms with van der Waals surface area (Å²) >= 11 is 0. The van der Waals surface area contributed by atoms with E-state index in [-0.39, 0.29) is 29.9 Å². The van der Waals surface area contributed by atoms with Crippen LogP contribution in [0.1, 0.15) is 31.4 Å². The molecule has 1 fully saturated rings. The van der Waals surface area contributed by atoms with Crippen molar-refractivity contribution in [1.29, 1.82) is 0 Å². The molecule has 0 spiro atoms. The molecule has 0 bridgehead atoms. The Morgan fingerprint density at radius 1 is 1.42 bits per heavy atom. The van der Waals surface area contributed by atoms with E-state index in [9.17, 15) is 14.7 Å². The van der Waals surface area contributed by atoms with Gasteiger partial charge in [0.25, 0.3) is 5.91 Å². The zero-order valence-corrected chi connectivity index (χ0v) is 13.7. The monoisotopic (exact) mass is 330 g/mol. The lowest BCUT2D eigenvalue weighted by molar-refractivity contribution is -0.130. The molecule has 24 heavy (non-hydrogen) atoms. The number of aromatic nitrogens is 1. The molecule has 2 heterocycles. The van der Waals surface area contributed by atoms with E-state index in [4.69, 9.17) is 0 Å². The third-order valence-electron chi connectivity index (χ3n) is 4.66. The number of rotatable bonds is 5. The number of hydrogen-bond donors (Lipinski definition) is 2. The van der Waals surface area contributed by atoms with Crippen LogP contribution in [0.3, 0.4) is 0 Å². The lowest BCUT2D eigenvalue weighted by Crippen LogP contribution is -2.50. The second-order valence-corrected chi connectivity index (χ2v) is 6.45. The average molecular weight is 330 g/mol. The van der Waals surface area contributed by atoms with Crippen LogP contribution in [-0.4, -0.2) is 51.8 Å². The molecule has 128 valence electrons. The first-order valence-electron chi connectivity index (χ1n) is 8.26. The minimum Gasteiger partial charge on any atom is -0.393 e. The van der Waals surface area contributed by atoms with Crippen molar-refractivity contribution in [2.24, 2.45) is 11.0 Å². The number of carbonyl (C=O) groups is 2. The second-order valence-electron chi connectivity index (χ2n) is 6.45. The minimum atomic E-state index is -0.283. The average Bonchev–Trinajstić information content (AvgIpc) is 2.55.